The van der Waals surface area contributed by atoms with E-state index < -0.39 is 0 Å². The van der Waals surface area contributed by atoms with E-state index in [0.29, 0.717) is 30.9 Å². The number of carbonyl (C=O) groups excluding carboxylic acids is 1. The number of rotatable bonds is 5. The zero-order chi connectivity index (χ0) is 19.3. The van der Waals surface area contributed by atoms with Crippen molar-refractivity contribution in [1.29, 1.82) is 0 Å². The summed E-state index contributed by atoms with van der Waals surface area (Å²) in [6.07, 6.45) is 3.58. The van der Waals surface area contributed by atoms with E-state index in [2.05, 4.69) is 25.8 Å². The summed E-state index contributed by atoms with van der Waals surface area (Å²) in [5.41, 5.74) is 2.25. The molecule has 1 aromatic carbocycles. The predicted molar refractivity (Wildman–Crippen MR) is 99.2 cm³/mol. The van der Waals surface area contributed by atoms with Crippen LogP contribution in [-0.4, -0.2) is 56.5 Å². The van der Waals surface area contributed by atoms with Gasteiger partial charge in [-0.2, -0.15) is 0 Å². The Balaban J connectivity index is 1.42. The summed E-state index contributed by atoms with van der Waals surface area (Å²) in [5.74, 6) is 0.497. The number of pyridine rings is 1. The number of ether oxygens (including phenoxy) is 2. The smallest absolute Gasteiger partial charge is 0.251 e. The van der Waals surface area contributed by atoms with Crippen molar-refractivity contribution in [1.82, 2.24) is 30.5 Å². The highest BCUT2D eigenvalue weighted by Crippen LogP contribution is 2.18. The maximum absolute atomic E-state index is 12.7. The molecule has 1 amide bonds. The Labute approximate surface area is 161 Å². The molecule has 0 aliphatic carbocycles. The van der Waals surface area contributed by atoms with Crippen molar-refractivity contribution in [2.24, 2.45) is 0 Å². The molecule has 28 heavy (non-hydrogen) atoms. The minimum absolute atomic E-state index is 0.151. The van der Waals surface area contributed by atoms with Crippen molar-refractivity contribution >= 4 is 5.91 Å². The van der Waals surface area contributed by atoms with Gasteiger partial charge >= 0.3 is 0 Å². The molecule has 4 rings (SSSR count). The number of tetrazole rings is 1. The number of aromatic nitrogens is 5. The summed E-state index contributed by atoms with van der Waals surface area (Å²) in [5, 5.41) is 14.1. The molecule has 0 spiro atoms. The second-order valence-corrected chi connectivity index (χ2v) is 6.54. The van der Waals surface area contributed by atoms with E-state index in [9.17, 15) is 4.79 Å². The Hall–Kier alpha value is -3.33. The molecule has 1 aliphatic rings. The standard InChI is InChI=1S/C19H20N6O3/c1-13-2-7-16(10-20-13)28-18-11-27-9-8-17(18)22-19(26)14-3-5-15(6-4-14)25-12-21-23-24-25/h2-7,10,12,17-18H,8-9,11H2,1H3,(H,22,26)/t17-,18+/m0/s1. The minimum Gasteiger partial charge on any atom is -0.484 e. The number of nitrogens with zero attached hydrogens (tertiary/aromatic N) is 5. The Bertz CT molecular complexity index is 912. The van der Waals surface area contributed by atoms with Gasteiger partial charge in [0.05, 0.1) is 24.5 Å². The zero-order valence-electron chi connectivity index (χ0n) is 15.4. The molecule has 9 nitrogen and oxygen atoms in total. The van der Waals surface area contributed by atoms with E-state index in [0.717, 1.165) is 11.4 Å². The van der Waals surface area contributed by atoms with Gasteiger partial charge in [0.25, 0.3) is 5.91 Å². The lowest BCUT2D eigenvalue weighted by Gasteiger charge is -2.32. The van der Waals surface area contributed by atoms with Crippen LogP contribution in [0.3, 0.4) is 0 Å². The Morgan fingerprint density at radius 3 is 2.82 bits per heavy atom. The molecule has 1 saturated heterocycles. The highest BCUT2D eigenvalue weighted by Gasteiger charge is 2.29. The summed E-state index contributed by atoms with van der Waals surface area (Å²) in [6.45, 7) is 2.91. The highest BCUT2D eigenvalue weighted by molar-refractivity contribution is 5.94. The lowest BCUT2D eigenvalue weighted by atomic mass is 10.0. The summed E-state index contributed by atoms with van der Waals surface area (Å²) in [6, 6.07) is 10.7. The van der Waals surface area contributed by atoms with Crippen LogP contribution in [0.5, 0.6) is 5.75 Å². The van der Waals surface area contributed by atoms with Crippen molar-refractivity contribution in [3.05, 3.63) is 60.2 Å². The third-order valence-electron chi connectivity index (χ3n) is 4.54. The van der Waals surface area contributed by atoms with Gasteiger partial charge in [-0.3, -0.25) is 9.78 Å². The number of benzene rings is 1. The molecule has 2 atom stereocenters. The van der Waals surface area contributed by atoms with Gasteiger partial charge in [-0.1, -0.05) is 0 Å². The molecule has 144 valence electrons. The number of hydrogen-bond donors (Lipinski definition) is 1. The van der Waals surface area contributed by atoms with Crippen LogP contribution >= 0.6 is 0 Å². The molecule has 0 saturated carbocycles. The lowest BCUT2D eigenvalue weighted by molar-refractivity contribution is -0.0136. The van der Waals surface area contributed by atoms with E-state index in [1.54, 1.807) is 30.5 Å². The fourth-order valence-electron chi connectivity index (χ4n) is 2.99. The Morgan fingerprint density at radius 1 is 1.25 bits per heavy atom. The average Bonchev–Trinajstić information content (AvgIpc) is 3.26. The van der Waals surface area contributed by atoms with Crippen molar-refractivity contribution < 1.29 is 14.3 Å². The first-order valence-electron chi connectivity index (χ1n) is 9.00. The van der Waals surface area contributed by atoms with Gasteiger partial charge < -0.3 is 14.8 Å². The van der Waals surface area contributed by atoms with Crippen LogP contribution < -0.4 is 10.1 Å². The minimum atomic E-state index is -0.275. The van der Waals surface area contributed by atoms with Crippen molar-refractivity contribution in [2.45, 2.75) is 25.5 Å². The van der Waals surface area contributed by atoms with E-state index >= 15 is 0 Å². The maximum Gasteiger partial charge on any atom is 0.251 e. The van der Waals surface area contributed by atoms with Gasteiger partial charge in [0.15, 0.2) is 0 Å². The molecule has 9 heteroatoms. The third-order valence-corrected chi connectivity index (χ3v) is 4.54. The number of aryl methyl sites for hydroxylation is 1. The molecule has 0 bridgehead atoms. The Kier molecular flexibility index (Phi) is 5.24. The summed E-state index contributed by atoms with van der Waals surface area (Å²) < 4.78 is 13.1. The second kappa shape index (κ2) is 8.13. The van der Waals surface area contributed by atoms with Gasteiger partial charge in [-0.05, 0) is 60.2 Å². The molecule has 3 aromatic rings. The average molecular weight is 380 g/mol. The Morgan fingerprint density at radius 2 is 2.11 bits per heavy atom. The molecule has 1 aliphatic heterocycles. The van der Waals surface area contributed by atoms with Crippen LogP contribution in [0, 0.1) is 6.92 Å². The first kappa shape index (κ1) is 18.1. The van der Waals surface area contributed by atoms with Crippen molar-refractivity contribution in [2.75, 3.05) is 13.2 Å². The molecule has 0 unspecified atom stereocenters. The highest BCUT2D eigenvalue weighted by atomic mass is 16.5. The van der Waals surface area contributed by atoms with Crippen molar-refractivity contribution in [3.8, 4) is 11.4 Å². The third kappa shape index (κ3) is 4.15. The second-order valence-electron chi connectivity index (χ2n) is 6.54. The molecular weight excluding hydrogens is 360 g/mol. The van der Waals surface area contributed by atoms with Crippen LogP contribution in [0.2, 0.25) is 0 Å². The molecule has 2 aromatic heterocycles. The lowest BCUT2D eigenvalue weighted by Crippen LogP contribution is -2.51. The SMILES string of the molecule is Cc1ccc(O[C@@H]2COCC[C@@H]2NC(=O)c2ccc(-n3cnnn3)cc2)cn1. The van der Waals surface area contributed by atoms with Gasteiger partial charge in [-0.15, -0.1) is 5.10 Å². The van der Waals surface area contributed by atoms with Gasteiger partial charge in [0, 0.05) is 17.9 Å². The molecule has 1 N–H and O–H groups in total. The normalized spacial score (nSPS) is 19.2. The van der Waals surface area contributed by atoms with Gasteiger partial charge in [0.2, 0.25) is 0 Å². The first-order chi connectivity index (χ1) is 13.7. The fourth-order valence-corrected chi connectivity index (χ4v) is 2.99. The summed E-state index contributed by atoms with van der Waals surface area (Å²) in [7, 11) is 0. The quantitative estimate of drug-likeness (QED) is 0.712. The number of hydrogen-bond acceptors (Lipinski definition) is 7. The summed E-state index contributed by atoms with van der Waals surface area (Å²) in [4.78, 5) is 16.9. The van der Waals surface area contributed by atoms with E-state index in [1.807, 2.05) is 19.1 Å². The monoisotopic (exact) mass is 380 g/mol. The van der Waals surface area contributed by atoms with Crippen LogP contribution in [0.4, 0.5) is 0 Å². The number of nitrogens with one attached hydrogen (secondary N) is 1. The van der Waals surface area contributed by atoms with E-state index in [4.69, 9.17) is 9.47 Å². The topological polar surface area (TPSA) is 104 Å². The molecular formula is C19H20N6O3. The zero-order valence-corrected chi connectivity index (χ0v) is 15.4. The van der Waals surface area contributed by atoms with Crippen LogP contribution in [0.25, 0.3) is 5.69 Å². The number of amides is 1. The largest absolute Gasteiger partial charge is 0.484 e. The van der Waals surface area contributed by atoms with E-state index in [1.165, 1.54) is 11.0 Å². The molecule has 1 fully saturated rings. The molecule has 0 radical (unpaired) electrons. The van der Waals surface area contributed by atoms with Crippen molar-refractivity contribution in [3.63, 3.8) is 0 Å². The number of carbonyl (C=O) groups is 1. The molecule has 3 heterocycles. The summed E-state index contributed by atoms with van der Waals surface area (Å²) >= 11 is 0. The first-order valence-corrected chi connectivity index (χ1v) is 9.00. The van der Waals surface area contributed by atoms with Crippen LogP contribution in [0.1, 0.15) is 22.5 Å². The maximum atomic E-state index is 12.7. The predicted octanol–water partition coefficient (Wildman–Crippen LogP) is 1.33. The van der Waals surface area contributed by atoms with Gasteiger partial charge in [-0.25, -0.2) is 4.68 Å². The van der Waals surface area contributed by atoms with Crippen LogP contribution in [0.15, 0.2) is 48.9 Å². The van der Waals surface area contributed by atoms with Gasteiger partial charge in [0.1, 0.15) is 18.2 Å². The van der Waals surface area contributed by atoms with Crippen LogP contribution in [-0.2, 0) is 4.74 Å². The fraction of sp³-hybridized carbons (Fsp3) is 0.316. The van der Waals surface area contributed by atoms with E-state index in [-0.39, 0.29) is 18.1 Å².